The maximum Gasteiger partial charge on any atom is 0.293 e. The van der Waals surface area contributed by atoms with Crippen molar-refractivity contribution in [2.75, 3.05) is 0 Å². The standard InChI is InChI=1S/C9H12O2Si/c1-8(11-7-10)12-9-5-3-2-4-6-9/h2-8H,12H2,1H3. The Morgan fingerprint density at radius 3 is 2.67 bits per heavy atom. The second-order valence-electron chi connectivity index (χ2n) is 2.73. The summed E-state index contributed by atoms with van der Waals surface area (Å²) in [5.74, 6) is 0. The molecule has 0 aliphatic carbocycles. The molecular weight excluding hydrogens is 168 g/mol. The van der Waals surface area contributed by atoms with Crippen LogP contribution >= 0.6 is 0 Å². The summed E-state index contributed by atoms with van der Waals surface area (Å²) in [6.07, 6.45) is 0. The summed E-state index contributed by atoms with van der Waals surface area (Å²) in [5.41, 5.74) is 0.102. The van der Waals surface area contributed by atoms with Crippen molar-refractivity contribution in [3.8, 4) is 0 Å². The average Bonchev–Trinajstić information content (AvgIpc) is 2.06. The molecule has 1 atom stereocenters. The highest BCUT2D eigenvalue weighted by Crippen LogP contribution is 1.87. The van der Waals surface area contributed by atoms with E-state index in [9.17, 15) is 4.79 Å². The van der Waals surface area contributed by atoms with Crippen molar-refractivity contribution in [3.05, 3.63) is 30.3 Å². The largest absolute Gasteiger partial charge is 0.469 e. The van der Waals surface area contributed by atoms with Gasteiger partial charge in [0.15, 0.2) is 0 Å². The van der Waals surface area contributed by atoms with Crippen LogP contribution in [0.4, 0.5) is 0 Å². The third-order valence-corrected chi connectivity index (χ3v) is 3.36. The van der Waals surface area contributed by atoms with Gasteiger partial charge in [-0.25, -0.2) is 0 Å². The van der Waals surface area contributed by atoms with Crippen molar-refractivity contribution >= 4 is 21.2 Å². The molecule has 0 aliphatic rings. The van der Waals surface area contributed by atoms with Gasteiger partial charge in [0, 0.05) is 0 Å². The number of hydrogen-bond acceptors (Lipinski definition) is 2. The summed E-state index contributed by atoms with van der Waals surface area (Å²) in [7, 11) is -0.451. The molecule has 0 N–H and O–H groups in total. The van der Waals surface area contributed by atoms with Gasteiger partial charge in [-0.3, -0.25) is 4.79 Å². The van der Waals surface area contributed by atoms with E-state index in [1.165, 1.54) is 5.19 Å². The normalized spacial score (nSPS) is 13.1. The minimum absolute atomic E-state index is 0.102. The van der Waals surface area contributed by atoms with Crippen molar-refractivity contribution in [2.45, 2.75) is 12.7 Å². The fourth-order valence-electron chi connectivity index (χ4n) is 1.09. The lowest BCUT2D eigenvalue weighted by Gasteiger charge is -2.07. The van der Waals surface area contributed by atoms with E-state index >= 15 is 0 Å². The number of carbonyl (C=O) groups excluding carboxylic acids is 1. The molecule has 1 aromatic carbocycles. The topological polar surface area (TPSA) is 26.3 Å². The fourth-order valence-corrected chi connectivity index (χ4v) is 2.47. The molecule has 1 aromatic rings. The van der Waals surface area contributed by atoms with Crippen molar-refractivity contribution in [3.63, 3.8) is 0 Å². The van der Waals surface area contributed by atoms with Crippen LogP contribution in [-0.2, 0) is 9.53 Å². The Kier molecular flexibility index (Phi) is 3.54. The van der Waals surface area contributed by atoms with E-state index in [2.05, 4.69) is 12.1 Å². The zero-order chi connectivity index (χ0) is 8.81. The summed E-state index contributed by atoms with van der Waals surface area (Å²) in [5, 5.41) is 1.33. The summed E-state index contributed by atoms with van der Waals surface area (Å²) < 4.78 is 4.83. The summed E-state index contributed by atoms with van der Waals surface area (Å²) in [4.78, 5) is 10.0. The molecule has 2 nitrogen and oxygen atoms in total. The third kappa shape index (κ3) is 2.88. The van der Waals surface area contributed by atoms with Gasteiger partial charge in [-0.2, -0.15) is 0 Å². The van der Waals surface area contributed by atoms with Gasteiger partial charge >= 0.3 is 0 Å². The van der Waals surface area contributed by atoms with E-state index in [-0.39, 0.29) is 5.73 Å². The first-order chi connectivity index (χ1) is 5.83. The van der Waals surface area contributed by atoms with Gasteiger partial charge in [-0.1, -0.05) is 35.5 Å². The second kappa shape index (κ2) is 4.72. The second-order valence-corrected chi connectivity index (χ2v) is 5.11. The van der Waals surface area contributed by atoms with Crippen LogP contribution in [0.2, 0.25) is 0 Å². The minimum Gasteiger partial charge on any atom is -0.469 e. The van der Waals surface area contributed by atoms with Crippen molar-refractivity contribution in [1.82, 2.24) is 0 Å². The molecule has 0 fully saturated rings. The number of benzene rings is 1. The van der Waals surface area contributed by atoms with Crippen LogP contribution in [0.5, 0.6) is 0 Å². The van der Waals surface area contributed by atoms with Crippen LogP contribution in [0.25, 0.3) is 0 Å². The summed E-state index contributed by atoms with van der Waals surface area (Å²) in [6.45, 7) is 2.47. The Labute approximate surface area is 74.4 Å². The molecule has 0 bridgehead atoms. The van der Waals surface area contributed by atoms with Gasteiger partial charge < -0.3 is 4.74 Å². The van der Waals surface area contributed by atoms with E-state index < -0.39 is 9.52 Å². The van der Waals surface area contributed by atoms with Crippen LogP contribution < -0.4 is 5.19 Å². The Balaban J connectivity index is 2.46. The Bertz CT molecular complexity index is 236. The first-order valence-corrected chi connectivity index (χ1v) is 5.48. The number of carbonyl (C=O) groups is 1. The molecule has 0 spiro atoms. The lowest BCUT2D eigenvalue weighted by molar-refractivity contribution is -0.129. The molecule has 0 amide bonds. The number of rotatable bonds is 4. The molecule has 0 radical (unpaired) electrons. The predicted octanol–water partition coefficient (Wildman–Crippen LogP) is -0.000300. The Hall–Kier alpha value is -1.09. The summed E-state index contributed by atoms with van der Waals surface area (Å²) >= 11 is 0. The molecule has 12 heavy (non-hydrogen) atoms. The van der Waals surface area contributed by atoms with E-state index in [0.717, 1.165) is 0 Å². The minimum atomic E-state index is -0.451. The SMILES string of the molecule is CC(OC=O)[SiH2]c1ccccc1. The molecular formula is C9H12O2Si. The molecule has 0 heterocycles. The number of ether oxygens (including phenoxy) is 1. The number of hydrogen-bond donors (Lipinski definition) is 0. The quantitative estimate of drug-likeness (QED) is 0.481. The molecule has 64 valence electrons. The average molecular weight is 180 g/mol. The Morgan fingerprint density at radius 2 is 2.08 bits per heavy atom. The van der Waals surface area contributed by atoms with Gasteiger partial charge in [-0.15, -0.1) is 0 Å². The van der Waals surface area contributed by atoms with Crippen LogP contribution in [0.1, 0.15) is 6.92 Å². The molecule has 0 aliphatic heterocycles. The van der Waals surface area contributed by atoms with Gasteiger partial charge in [0.25, 0.3) is 6.47 Å². The molecule has 0 saturated heterocycles. The highest BCUT2D eigenvalue weighted by atomic mass is 28.2. The van der Waals surface area contributed by atoms with Gasteiger partial charge in [0.2, 0.25) is 0 Å². The zero-order valence-electron chi connectivity index (χ0n) is 7.07. The van der Waals surface area contributed by atoms with Crippen LogP contribution in [0.3, 0.4) is 0 Å². The smallest absolute Gasteiger partial charge is 0.293 e. The predicted molar refractivity (Wildman–Crippen MR) is 51.2 cm³/mol. The van der Waals surface area contributed by atoms with Crippen molar-refractivity contribution in [2.24, 2.45) is 0 Å². The summed E-state index contributed by atoms with van der Waals surface area (Å²) in [6, 6.07) is 10.2. The highest BCUT2D eigenvalue weighted by Gasteiger charge is 2.02. The van der Waals surface area contributed by atoms with Gasteiger partial charge in [0.05, 0.1) is 5.73 Å². The lowest BCUT2D eigenvalue weighted by Crippen LogP contribution is -2.27. The lowest BCUT2D eigenvalue weighted by atomic mass is 10.4. The van der Waals surface area contributed by atoms with Crippen LogP contribution in [0, 0.1) is 0 Å². The zero-order valence-corrected chi connectivity index (χ0v) is 8.48. The third-order valence-electron chi connectivity index (χ3n) is 1.65. The first kappa shape index (κ1) is 9.00. The van der Waals surface area contributed by atoms with Crippen LogP contribution in [-0.4, -0.2) is 21.7 Å². The monoisotopic (exact) mass is 180 g/mol. The van der Waals surface area contributed by atoms with Crippen molar-refractivity contribution < 1.29 is 9.53 Å². The van der Waals surface area contributed by atoms with Crippen molar-refractivity contribution in [1.29, 1.82) is 0 Å². The molecule has 1 unspecified atom stereocenters. The molecule has 0 saturated carbocycles. The van der Waals surface area contributed by atoms with Crippen LogP contribution in [0.15, 0.2) is 30.3 Å². The van der Waals surface area contributed by atoms with E-state index in [1.54, 1.807) is 0 Å². The maximum absolute atomic E-state index is 10.0. The van der Waals surface area contributed by atoms with E-state index in [1.807, 2.05) is 25.1 Å². The fraction of sp³-hybridized carbons (Fsp3) is 0.222. The molecule has 3 heteroatoms. The van der Waals surface area contributed by atoms with Gasteiger partial charge in [-0.05, 0) is 6.92 Å². The highest BCUT2D eigenvalue weighted by molar-refractivity contribution is 6.54. The molecule has 1 rings (SSSR count). The van der Waals surface area contributed by atoms with Gasteiger partial charge in [0.1, 0.15) is 9.52 Å². The Morgan fingerprint density at radius 1 is 1.42 bits per heavy atom. The first-order valence-electron chi connectivity index (χ1n) is 3.96. The van der Waals surface area contributed by atoms with E-state index in [4.69, 9.17) is 4.74 Å². The van der Waals surface area contributed by atoms with E-state index in [0.29, 0.717) is 6.47 Å². The molecule has 0 aromatic heterocycles. The maximum atomic E-state index is 10.0.